The lowest BCUT2D eigenvalue weighted by Gasteiger charge is -2.26. The first kappa shape index (κ1) is 22.0. The number of para-hydroxylation sites is 2. The highest BCUT2D eigenvalue weighted by Crippen LogP contribution is 2.30. The van der Waals surface area contributed by atoms with Crippen molar-refractivity contribution in [3.8, 4) is 11.5 Å². The van der Waals surface area contributed by atoms with Crippen LogP contribution in [0.3, 0.4) is 0 Å². The fraction of sp³-hybridized carbons (Fsp3) is 0.348. The number of ether oxygens (including phenoxy) is 3. The second-order valence-corrected chi connectivity index (χ2v) is 7.79. The van der Waals surface area contributed by atoms with Crippen molar-refractivity contribution >= 4 is 29.0 Å². The summed E-state index contributed by atoms with van der Waals surface area (Å²) in [4.78, 5) is 28.6. The minimum Gasteiger partial charge on any atom is -0.486 e. The number of benzene rings is 2. The van der Waals surface area contributed by atoms with Crippen LogP contribution in [0.25, 0.3) is 10.9 Å². The van der Waals surface area contributed by atoms with E-state index in [-0.39, 0.29) is 17.6 Å². The molecule has 1 aromatic heterocycles. The highest BCUT2D eigenvalue weighted by atomic mass is 32.1. The second kappa shape index (κ2) is 9.97. The van der Waals surface area contributed by atoms with Gasteiger partial charge in [0.05, 0.1) is 17.4 Å². The summed E-state index contributed by atoms with van der Waals surface area (Å²) in [6, 6.07) is 12.3. The first-order chi connectivity index (χ1) is 15.6. The van der Waals surface area contributed by atoms with Crippen LogP contribution in [0.2, 0.25) is 0 Å². The van der Waals surface area contributed by atoms with Gasteiger partial charge in [0.15, 0.2) is 16.3 Å². The van der Waals surface area contributed by atoms with Crippen LogP contribution in [0.15, 0.2) is 47.3 Å². The normalized spacial score (nSPS) is 15.0. The number of aromatic amines is 1. The molecular weight excluding hydrogens is 430 g/mol. The summed E-state index contributed by atoms with van der Waals surface area (Å²) in [5.74, 6) is 1.09. The van der Waals surface area contributed by atoms with E-state index in [0.29, 0.717) is 72.1 Å². The maximum Gasteiger partial charge on any atom is 0.262 e. The first-order valence-electron chi connectivity index (χ1n) is 10.6. The summed E-state index contributed by atoms with van der Waals surface area (Å²) >= 11 is 5.36. The molecule has 9 heteroatoms. The van der Waals surface area contributed by atoms with Gasteiger partial charge in [-0.2, -0.15) is 0 Å². The molecule has 0 fully saturated rings. The zero-order chi connectivity index (χ0) is 22.5. The number of hydrogen-bond acceptors (Lipinski definition) is 6. The Bertz CT molecular complexity index is 1240. The van der Waals surface area contributed by atoms with E-state index < -0.39 is 0 Å². The molecule has 168 valence electrons. The van der Waals surface area contributed by atoms with Gasteiger partial charge in [0.25, 0.3) is 11.5 Å². The fourth-order valence-electron chi connectivity index (χ4n) is 3.54. The van der Waals surface area contributed by atoms with Crippen molar-refractivity contribution in [1.29, 1.82) is 0 Å². The number of nitrogens with zero attached hydrogens (tertiary/aromatic N) is 1. The van der Waals surface area contributed by atoms with Gasteiger partial charge in [0.1, 0.15) is 12.7 Å². The van der Waals surface area contributed by atoms with E-state index in [1.54, 1.807) is 18.2 Å². The first-order valence-corrected chi connectivity index (χ1v) is 11.0. The van der Waals surface area contributed by atoms with Crippen molar-refractivity contribution in [2.75, 3.05) is 26.4 Å². The molecule has 0 radical (unpaired) electrons. The summed E-state index contributed by atoms with van der Waals surface area (Å²) in [7, 11) is 0. The molecule has 2 N–H and O–H groups in total. The van der Waals surface area contributed by atoms with Crippen molar-refractivity contribution in [3.05, 3.63) is 63.2 Å². The molecule has 3 aromatic rings. The number of hydrogen-bond donors (Lipinski definition) is 2. The van der Waals surface area contributed by atoms with Crippen molar-refractivity contribution in [2.24, 2.45) is 0 Å². The van der Waals surface area contributed by atoms with E-state index in [4.69, 9.17) is 26.4 Å². The van der Waals surface area contributed by atoms with Crippen LogP contribution >= 0.6 is 12.2 Å². The second-order valence-electron chi connectivity index (χ2n) is 7.41. The van der Waals surface area contributed by atoms with Crippen molar-refractivity contribution in [3.63, 3.8) is 0 Å². The lowest BCUT2D eigenvalue weighted by atomic mass is 10.1. The molecule has 2 aromatic carbocycles. The van der Waals surface area contributed by atoms with Gasteiger partial charge in [-0.05, 0) is 55.9 Å². The standard InChI is InChI=1S/C23H25N3O5S/c1-2-29-11-5-10-26-22(28)17-9-8-15(12-18(17)25-23(26)32)21(27)24-13-16-14-30-19-6-3-4-7-20(19)31-16/h3-4,6-9,12,16H,2,5,10-11,13-14H2,1H3,(H,24,27)(H,25,32). The van der Waals surface area contributed by atoms with Gasteiger partial charge in [0.2, 0.25) is 0 Å². The summed E-state index contributed by atoms with van der Waals surface area (Å²) in [6.07, 6.45) is 0.401. The Kier molecular flexibility index (Phi) is 6.87. The smallest absolute Gasteiger partial charge is 0.262 e. The molecule has 0 aliphatic carbocycles. The molecule has 0 bridgehead atoms. The fourth-order valence-corrected chi connectivity index (χ4v) is 3.82. The van der Waals surface area contributed by atoms with Crippen molar-refractivity contribution < 1.29 is 19.0 Å². The summed E-state index contributed by atoms with van der Waals surface area (Å²) in [5.41, 5.74) is 0.771. The third-order valence-corrected chi connectivity index (χ3v) is 5.50. The predicted octanol–water partition coefficient (Wildman–Crippen LogP) is 3.06. The van der Waals surface area contributed by atoms with Crippen LogP contribution in [0, 0.1) is 4.77 Å². The molecule has 32 heavy (non-hydrogen) atoms. The number of fused-ring (bicyclic) bond motifs is 2. The topological polar surface area (TPSA) is 94.6 Å². The van der Waals surface area contributed by atoms with Crippen molar-refractivity contribution in [1.82, 2.24) is 14.9 Å². The number of aromatic nitrogens is 2. The molecule has 0 saturated carbocycles. The van der Waals surface area contributed by atoms with Crippen LogP contribution < -0.4 is 20.3 Å². The largest absolute Gasteiger partial charge is 0.486 e. The molecule has 8 nitrogen and oxygen atoms in total. The molecule has 1 amide bonds. The molecule has 2 heterocycles. The van der Waals surface area contributed by atoms with Gasteiger partial charge < -0.3 is 24.5 Å². The summed E-state index contributed by atoms with van der Waals surface area (Å²) in [6.45, 7) is 4.25. The van der Waals surface area contributed by atoms with E-state index in [1.165, 1.54) is 4.57 Å². The Balaban J connectivity index is 1.43. The minimum absolute atomic E-state index is 0.182. The number of H-pyrrole nitrogens is 1. The van der Waals surface area contributed by atoms with Gasteiger partial charge in [-0.3, -0.25) is 14.2 Å². The monoisotopic (exact) mass is 455 g/mol. The lowest BCUT2D eigenvalue weighted by molar-refractivity contribution is 0.0789. The van der Waals surface area contributed by atoms with Gasteiger partial charge in [-0.15, -0.1) is 0 Å². The van der Waals surface area contributed by atoms with E-state index in [9.17, 15) is 9.59 Å². The van der Waals surface area contributed by atoms with E-state index >= 15 is 0 Å². The SMILES string of the molecule is CCOCCCn1c(=S)[nH]c2cc(C(=O)NCC3COc4ccccc4O3)ccc2c1=O. The Morgan fingerprint density at radius 2 is 2.09 bits per heavy atom. The molecule has 1 aliphatic heterocycles. The quantitative estimate of drug-likeness (QED) is 0.401. The highest BCUT2D eigenvalue weighted by molar-refractivity contribution is 7.71. The molecule has 1 atom stereocenters. The van der Waals surface area contributed by atoms with Gasteiger partial charge >= 0.3 is 0 Å². The minimum atomic E-state index is -0.288. The Morgan fingerprint density at radius 1 is 1.28 bits per heavy atom. The average Bonchev–Trinajstić information content (AvgIpc) is 2.81. The Hall–Kier alpha value is -3.17. The molecule has 0 saturated heterocycles. The van der Waals surface area contributed by atoms with Crippen LogP contribution in [-0.2, 0) is 11.3 Å². The highest BCUT2D eigenvalue weighted by Gasteiger charge is 2.21. The van der Waals surface area contributed by atoms with Crippen LogP contribution in [0.5, 0.6) is 11.5 Å². The number of carbonyl (C=O) groups excluding carboxylic acids is 1. The Morgan fingerprint density at radius 3 is 2.91 bits per heavy atom. The molecule has 1 unspecified atom stereocenters. The number of nitrogens with one attached hydrogen (secondary N) is 2. The predicted molar refractivity (Wildman–Crippen MR) is 123 cm³/mol. The maximum atomic E-state index is 12.8. The summed E-state index contributed by atoms with van der Waals surface area (Å²) in [5, 5.41) is 3.34. The number of rotatable bonds is 8. The third kappa shape index (κ3) is 4.84. The third-order valence-electron chi connectivity index (χ3n) is 5.18. The van der Waals surface area contributed by atoms with Crippen LogP contribution in [-0.4, -0.2) is 47.9 Å². The average molecular weight is 456 g/mol. The molecular formula is C23H25N3O5S. The Labute approximate surface area is 190 Å². The number of amides is 1. The molecule has 1 aliphatic rings. The van der Waals surface area contributed by atoms with E-state index in [2.05, 4.69) is 10.3 Å². The van der Waals surface area contributed by atoms with E-state index in [0.717, 1.165) is 0 Å². The van der Waals surface area contributed by atoms with Crippen molar-refractivity contribution in [2.45, 2.75) is 26.0 Å². The van der Waals surface area contributed by atoms with Gasteiger partial charge in [0, 0.05) is 25.3 Å². The zero-order valence-corrected chi connectivity index (χ0v) is 18.6. The summed E-state index contributed by atoms with van der Waals surface area (Å²) < 4.78 is 18.7. The molecule has 0 spiro atoms. The van der Waals surface area contributed by atoms with Gasteiger partial charge in [-0.25, -0.2) is 0 Å². The van der Waals surface area contributed by atoms with Crippen LogP contribution in [0.4, 0.5) is 0 Å². The van der Waals surface area contributed by atoms with Gasteiger partial charge in [-0.1, -0.05) is 12.1 Å². The van der Waals surface area contributed by atoms with Crippen LogP contribution in [0.1, 0.15) is 23.7 Å². The number of carbonyl (C=O) groups is 1. The maximum absolute atomic E-state index is 12.8. The lowest BCUT2D eigenvalue weighted by Crippen LogP contribution is -2.40. The van der Waals surface area contributed by atoms with E-state index in [1.807, 2.05) is 31.2 Å². The zero-order valence-electron chi connectivity index (χ0n) is 17.8. The molecule has 4 rings (SSSR count).